The van der Waals surface area contributed by atoms with Crippen molar-refractivity contribution in [1.29, 1.82) is 0 Å². The Balaban J connectivity index is 3.02. The van der Waals surface area contributed by atoms with Crippen LogP contribution in [0, 0.1) is 6.92 Å². The van der Waals surface area contributed by atoms with Crippen LogP contribution < -0.4 is 5.32 Å². The standard InChI is InChI=1S/C12H15BrN2O2/c1-8-4-5-9(12(17)15(2)3)6-10(8)14-11(16)7-13/h4-6H,7H2,1-3H3,(H,14,16). The quantitative estimate of drug-likeness (QED) is 0.868. The number of nitrogens with zero attached hydrogens (tertiary/aromatic N) is 1. The zero-order chi connectivity index (χ0) is 13.0. The highest BCUT2D eigenvalue weighted by Crippen LogP contribution is 2.17. The first-order valence-electron chi connectivity index (χ1n) is 5.14. The summed E-state index contributed by atoms with van der Waals surface area (Å²) >= 11 is 3.08. The minimum atomic E-state index is -0.137. The average molecular weight is 299 g/mol. The minimum absolute atomic E-state index is 0.0839. The molecule has 0 bridgehead atoms. The minimum Gasteiger partial charge on any atom is -0.345 e. The van der Waals surface area contributed by atoms with Gasteiger partial charge in [0.2, 0.25) is 5.91 Å². The van der Waals surface area contributed by atoms with Crippen LogP contribution in [-0.4, -0.2) is 36.1 Å². The van der Waals surface area contributed by atoms with Crippen LogP contribution in [0.5, 0.6) is 0 Å². The number of rotatable bonds is 3. The van der Waals surface area contributed by atoms with E-state index in [0.29, 0.717) is 11.3 Å². The van der Waals surface area contributed by atoms with E-state index in [9.17, 15) is 9.59 Å². The van der Waals surface area contributed by atoms with Crippen LogP contribution >= 0.6 is 15.9 Å². The maximum atomic E-state index is 11.8. The van der Waals surface area contributed by atoms with E-state index in [1.54, 1.807) is 26.2 Å². The third-order valence-electron chi connectivity index (χ3n) is 2.29. The molecule has 0 spiro atoms. The van der Waals surface area contributed by atoms with Crippen molar-refractivity contribution in [2.24, 2.45) is 0 Å². The number of hydrogen-bond acceptors (Lipinski definition) is 2. The van der Waals surface area contributed by atoms with Crippen molar-refractivity contribution in [1.82, 2.24) is 4.90 Å². The van der Waals surface area contributed by atoms with Crippen molar-refractivity contribution < 1.29 is 9.59 Å². The first-order valence-corrected chi connectivity index (χ1v) is 6.26. The van der Waals surface area contributed by atoms with Crippen LogP contribution in [0.2, 0.25) is 0 Å². The number of alkyl halides is 1. The van der Waals surface area contributed by atoms with E-state index < -0.39 is 0 Å². The topological polar surface area (TPSA) is 49.4 Å². The fourth-order valence-electron chi connectivity index (χ4n) is 1.33. The van der Waals surface area contributed by atoms with E-state index in [4.69, 9.17) is 0 Å². The molecule has 0 atom stereocenters. The first-order chi connectivity index (χ1) is 7.95. The molecule has 0 saturated carbocycles. The molecule has 0 aromatic heterocycles. The molecule has 1 rings (SSSR count). The maximum absolute atomic E-state index is 11.8. The number of carbonyl (C=O) groups is 2. The Kier molecular flexibility index (Phi) is 4.69. The van der Waals surface area contributed by atoms with Crippen LogP contribution in [0.4, 0.5) is 5.69 Å². The fraction of sp³-hybridized carbons (Fsp3) is 0.333. The van der Waals surface area contributed by atoms with Gasteiger partial charge in [0.15, 0.2) is 0 Å². The van der Waals surface area contributed by atoms with Gasteiger partial charge in [0.25, 0.3) is 5.91 Å². The molecule has 0 aliphatic rings. The molecular formula is C12H15BrN2O2. The van der Waals surface area contributed by atoms with Crippen LogP contribution in [0.3, 0.4) is 0 Å². The second-order valence-electron chi connectivity index (χ2n) is 3.91. The van der Waals surface area contributed by atoms with Crippen molar-refractivity contribution in [2.45, 2.75) is 6.92 Å². The molecule has 17 heavy (non-hydrogen) atoms. The molecule has 5 heteroatoms. The molecule has 0 radical (unpaired) electrons. The van der Waals surface area contributed by atoms with Crippen LogP contribution in [0.1, 0.15) is 15.9 Å². The Labute approximate surface area is 109 Å². The van der Waals surface area contributed by atoms with Gasteiger partial charge in [0.1, 0.15) is 0 Å². The molecule has 0 saturated heterocycles. The summed E-state index contributed by atoms with van der Waals surface area (Å²) in [7, 11) is 3.39. The van der Waals surface area contributed by atoms with Gasteiger partial charge in [0.05, 0.1) is 5.33 Å². The third-order valence-corrected chi connectivity index (χ3v) is 2.80. The highest BCUT2D eigenvalue weighted by molar-refractivity contribution is 9.09. The summed E-state index contributed by atoms with van der Waals surface area (Å²) in [5.41, 5.74) is 2.15. The summed E-state index contributed by atoms with van der Waals surface area (Å²) < 4.78 is 0. The lowest BCUT2D eigenvalue weighted by Gasteiger charge is -2.13. The summed E-state index contributed by atoms with van der Waals surface area (Å²) in [5.74, 6) is -0.220. The number of halogens is 1. The van der Waals surface area contributed by atoms with Crippen molar-refractivity contribution >= 4 is 33.4 Å². The number of hydrogen-bond donors (Lipinski definition) is 1. The van der Waals surface area contributed by atoms with Gasteiger partial charge in [-0.1, -0.05) is 22.0 Å². The van der Waals surface area contributed by atoms with Gasteiger partial charge in [0, 0.05) is 25.3 Å². The molecule has 2 amide bonds. The molecule has 0 unspecified atom stereocenters. The highest BCUT2D eigenvalue weighted by Gasteiger charge is 2.10. The largest absolute Gasteiger partial charge is 0.345 e. The molecule has 0 heterocycles. The molecule has 0 aliphatic heterocycles. The van der Waals surface area contributed by atoms with Crippen LogP contribution in [-0.2, 0) is 4.79 Å². The molecule has 0 fully saturated rings. The number of carbonyl (C=O) groups excluding carboxylic acids is 2. The average Bonchev–Trinajstić information content (AvgIpc) is 2.30. The second-order valence-corrected chi connectivity index (χ2v) is 4.47. The lowest BCUT2D eigenvalue weighted by Crippen LogP contribution is -2.22. The van der Waals surface area contributed by atoms with E-state index in [-0.39, 0.29) is 17.1 Å². The fourth-order valence-corrected chi connectivity index (χ4v) is 1.47. The Bertz CT molecular complexity index is 444. The lowest BCUT2D eigenvalue weighted by atomic mass is 10.1. The zero-order valence-corrected chi connectivity index (χ0v) is 11.7. The number of benzene rings is 1. The summed E-state index contributed by atoms with van der Waals surface area (Å²) in [4.78, 5) is 24.6. The molecule has 1 aromatic rings. The summed E-state index contributed by atoms with van der Waals surface area (Å²) in [6.45, 7) is 1.88. The number of aryl methyl sites for hydroxylation is 1. The normalized spacial score (nSPS) is 9.88. The van der Waals surface area contributed by atoms with Crippen molar-refractivity contribution in [2.75, 3.05) is 24.7 Å². The Hall–Kier alpha value is -1.36. The van der Waals surface area contributed by atoms with Gasteiger partial charge in [-0.3, -0.25) is 9.59 Å². The van der Waals surface area contributed by atoms with E-state index in [1.807, 2.05) is 13.0 Å². The first kappa shape index (κ1) is 13.7. The number of amides is 2. The third kappa shape index (κ3) is 3.56. The second kappa shape index (κ2) is 5.82. The number of anilines is 1. The van der Waals surface area contributed by atoms with Gasteiger partial charge in [-0.15, -0.1) is 0 Å². The molecule has 1 N–H and O–H groups in total. The Morgan fingerprint density at radius 1 is 1.35 bits per heavy atom. The lowest BCUT2D eigenvalue weighted by molar-refractivity contribution is -0.113. The SMILES string of the molecule is Cc1ccc(C(=O)N(C)C)cc1NC(=O)CBr. The summed E-state index contributed by atoms with van der Waals surface area (Å²) in [5, 5.41) is 2.97. The predicted octanol–water partition coefficient (Wildman–Crippen LogP) is 2.03. The molecular weight excluding hydrogens is 284 g/mol. The Morgan fingerprint density at radius 2 is 2.00 bits per heavy atom. The van der Waals surface area contributed by atoms with Crippen molar-refractivity contribution in [3.8, 4) is 0 Å². The molecule has 0 aliphatic carbocycles. The van der Waals surface area contributed by atoms with Gasteiger partial charge < -0.3 is 10.2 Å². The maximum Gasteiger partial charge on any atom is 0.253 e. The molecule has 92 valence electrons. The van der Waals surface area contributed by atoms with Gasteiger partial charge in [-0.2, -0.15) is 0 Å². The summed E-state index contributed by atoms with van der Waals surface area (Å²) in [6.07, 6.45) is 0. The monoisotopic (exact) mass is 298 g/mol. The predicted molar refractivity (Wildman–Crippen MR) is 71.6 cm³/mol. The van der Waals surface area contributed by atoms with E-state index >= 15 is 0 Å². The molecule has 4 nitrogen and oxygen atoms in total. The van der Waals surface area contributed by atoms with Crippen molar-refractivity contribution in [3.05, 3.63) is 29.3 Å². The van der Waals surface area contributed by atoms with Crippen LogP contribution in [0.15, 0.2) is 18.2 Å². The van der Waals surface area contributed by atoms with E-state index in [0.717, 1.165) is 5.56 Å². The smallest absolute Gasteiger partial charge is 0.253 e. The number of nitrogens with one attached hydrogen (secondary N) is 1. The van der Waals surface area contributed by atoms with Crippen molar-refractivity contribution in [3.63, 3.8) is 0 Å². The van der Waals surface area contributed by atoms with Gasteiger partial charge in [-0.05, 0) is 24.6 Å². The van der Waals surface area contributed by atoms with E-state index in [1.165, 1.54) is 4.90 Å². The van der Waals surface area contributed by atoms with Gasteiger partial charge in [-0.25, -0.2) is 0 Å². The highest BCUT2D eigenvalue weighted by atomic mass is 79.9. The van der Waals surface area contributed by atoms with Gasteiger partial charge >= 0.3 is 0 Å². The Morgan fingerprint density at radius 3 is 2.53 bits per heavy atom. The van der Waals surface area contributed by atoms with Crippen LogP contribution in [0.25, 0.3) is 0 Å². The zero-order valence-electron chi connectivity index (χ0n) is 10.1. The van der Waals surface area contributed by atoms with E-state index in [2.05, 4.69) is 21.2 Å². The summed E-state index contributed by atoms with van der Waals surface area (Å²) in [6, 6.07) is 5.26. The molecule has 1 aromatic carbocycles.